The van der Waals surface area contributed by atoms with Gasteiger partial charge in [0, 0.05) is 32.8 Å². The fourth-order valence-electron chi connectivity index (χ4n) is 4.32. The van der Waals surface area contributed by atoms with Gasteiger partial charge in [0.15, 0.2) is 0 Å². The summed E-state index contributed by atoms with van der Waals surface area (Å²) in [5.41, 5.74) is 1.37. The van der Waals surface area contributed by atoms with Crippen LogP contribution in [0.4, 0.5) is 10.1 Å². The Balaban J connectivity index is 1.56. The predicted molar refractivity (Wildman–Crippen MR) is 103 cm³/mol. The third-order valence-corrected chi connectivity index (χ3v) is 5.69. The molecule has 0 unspecified atom stereocenters. The number of halogens is 1. The molecule has 0 saturated carbocycles. The Morgan fingerprint density at radius 1 is 1.21 bits per heavy atom. The maximum atomic E-state index is 13.2. The fraction of sp³-hybridized carbons (Fsp3) is 0.381. The number of aromatic nitrogens is 1. The van der Waals surface area contributed by atoms with Crippen molar-refractivity contribution in [2.75, 3.05) is 31.1 Å². The van der Waals surface area contributed by atoms with Crippen LogP contribution in [0.1, 0.15) is 18.9 Å². The predicted octanol–water partition coefficient (Wildman–Crippen LogP) is 2.06. The Bertz CT molecular complexity index is 874. The van der Waals surface area contributed by atoms with Gasteiger partial charge in [-0.2, -0.15) is 0 Å². The molecule has 1 aromatic heterocycles. The van der Waals surface area contributed by atoms with Crippen molar-refractivity contribution in [2.45, 2.75) is 25.4 Å². The van der Waals surface area contributed by atoms with Crippen LogP contribution in [0, 0.1) is 5.82 Å². The topological polar surface area (TPSA) is 56.8 Å². The van der Waals surface area contributed by atoms with E-state index >= 15 is 0 Å². The molecule has 1 aromatic carbocycles. The Morgan fingerprint density at radius 3 is 2.68 bits per heavy atom. The first-order valence-corrected chi connectivity index (χ1v) is 9.42. The van der Waals surface area contributed by atoms with E-state index in [4.69, 9.17) is 0 Å². The van der Waals surface area contributed by atoms with Gasteiger partial charge in [-0.1, -0.05) is 12.1 Å². The van der Waals surface area contributed by atoms with Gasteiger partial charge in [0.2, 0.25) is 11.8 Å². The fourth-order valence-corrected chi connectivity index (χ4v) is 4.32. The van der Waals surface area contributed by atoms with Gasteiger partial charge in [-0.05, 0) is 36.2 Å². The van der Waals surface area contributed by atoms with E-state index in [0.29, 0.717) is 19.6 Å². The molecule has 3 heterocycles. The normalized spacial score (nSPS) is 22.9. The van der Waals surface area contributed by atoms with Crippen molar-refractivity contribution in [2.24, 2.45) is 0 Å². The molecule has 1 spiro atoms. The number of rotatable bonds is 3. The van der Waals surface area contributed by atoms with Crippen LogP contribution in [0.3, 0.4) is 0 Å². The maximum absolute atomic E-state index is 13.2. The third-order valence-electron chi connectivity index (χ3n) is 5.69. The molecule has 0 radical (unpaired) electrons. The van der Waals surface area contributed by atoms with Crippen molar-refractivity contribution in [1.82, 2.24) is 14.8 Å². The van der Waals surface area contributed by atoms with Crippen molar-refractivity contribution >= 4 is 17.5 Å². The summed E-state index contributed by atoms with van der Waals surface area (Å²) in [6.45, 7) is 4.24. The average Bonchev–Trinajstić information content (AvgIpc) is 3.09. The molecule has 146 valence electrons. The number of hydrogen-bond acceptors (Lipinski definition) is 4. The molecule has 2 fully saturated rings. The second-order valence-electron chi connectivity index (χ2n) is 7.61. The second kappa shape index (κ2) is 7.31. The smallest absolute Gasteiger partial charge is 0.246 e. The lowest BCUT2D eigenvalue weighted by Crippen LogP contribution is -2.66. The first-order chi connectivity index (χ1) is 13.5. The number of nitrogens with zero attached hydrogens (tertiary/aromatic N) is 4. The van der Waals surface area contributed by atoms with E-state index in [0.717, 1.165) is 24.2 Å². The van der Waals surface area contributed by atoms with E-state index < -0.39 is 5.54 Å². The molecule has 2 amide bonds. The van der Waals surface area contributed by atoms with Gasteiger partial charge in [-0.3, -0.25) is 19.5 Å². The zero-order valence-corrected chi connectivity index (χ0v) is 15.8. The number of anilines is 1. The molecule has 1 atom stereocenters. The van der Waals surface area contributed by atoms with E-state index in [1.165, 1.54) is 19.1 Å². The molecule has 0 aliphatic carbocycles. The lowest BCUT2D eigenvalue weighted by atomic mass is 9.91. The first-order valence-electron chi connectivity index (χ1n) is 9.42. The highest BCUT2D eigenvalue weighted by molar-refractivity contribution is 5.98. The lowest BCUT2D eigenvalue weighted by molar-refractivity contribution is -0.142. The van der Waals surface area contributed by atoms with Crippen molar-refractivity contribution < 1.29 is 14.0 Å². The van der Waals surface area contributed by atoms with E-state index in [-0.39, 0.29) is 24.2 Å². The minimum absolute atomic E-state index is 0.0780. The van der Waals surface area contributed by atoms with Crippen molar-refractivity contribution in [1.29, 1.82) is 0 Å². The molecule has 0 bridgehead atoms. The van der Waals surface area contributed by atoms with Crippen molar-refractivity contribution in [3.8, 4) is 0 Å². The number of carbonyl (C=O) groups excluding carboxylic acids is 2. The largest absolute Gasteiger partial charge is 0.325 e. The molecule has 7 heteroatoms. The summed E-state index contributed by atoms with van der Waals surface area (Å²) >= 11 is 0. The molecule has 0 N–H and O–H groups in total. The highest BCUT2D eigenvalue weighted by Crippen LogP contribution is 2.35. The number of likely N-dealkylation sites (tertiary alicyclic amines) is 1. The molecular weight excluding hydrogens is 359 g/mol. The Morgan fingerprint density at radius 2 is 2.00 bits per heavy atom. The van der Waals surface area contributed by atoms with Crippen LogP contribution >= 0.6 is 0 Å². The summed E-state index contributed by atoms with van der Waals surface area (Å²) in [6, 6.07) is 10.2. The number of amides is 2. The van der Waals surface area contributed by atoms with Crippen LogP contribution < -0.4 is 4.90 Å². The second-order valence-corrected chi connectivity index (χ2v) is 7.61. The summed E-state index contributed by atoms with van der Waals surface area (Å²) in [7, 11) is 0. The minimum Gasteiger partial charge on any atom is -0.325 e. The SMILES string of the molecule is CC(=O)N1CC(=O)N(c2cccnc2)C[C@@]12CCN(Cc1ccc(F)cc1)C2. The highest BCUT2D eigenvalue weighted by atomic mass is 19.1. The first kappa shape index (κ1) is 18.6. The van der Waals surface area contributed by atoms with Crippen LogP contribution in [0.15, 0.2) is 48.8 Å². The molecule has 2 aromatic rings. The molecule has 6 nitrogen and oxygen atoms in total. The lowest BCUT2D eigenvalue weighted by Gasteiger charge is -2.48. The van der Waals surface area contributed by atoms with E-state index in [2.05, 4.69) is 9.88 Å². The molecule has 28 heavy (non-hydrogen) atoms. The maximum Gasteiger partial charge on any atom is 0.246 e. The van der Waals surface area contributed by atoms with Crippen LogP contribution in [0.5, 0.6) is 0 Å². The zero-order chi connectivity index (χ0) is 19.7. The van der Waals surface area contributed by atoms with Crippen LogP contribution in [-0.4, -0.2) is 58.3 Å². The average molecular weight is 382 g/mol. The number of pyridine rings is 1. The van der Waals surface area contributed by atoms with E-state index in [1.54, 1.807) is 34.3 Å². The molecule has 2 aliphatic heterocycles. The summed E-state index contributed by atoms with van der Waals surface area (Å²) < 4.78 is 13.2. The molecular formula is C21H23FN4O2. The van der Waals surface area contributed by atoms with Crippen molar-refractivity contribution in [3.05, 3.63) is 60.2 Å². The van der Waals surface area contributed by atoms with Crippen LogP contribution in [0.2, 0.25) is 0 Å². The molecule has 2 aliphatic rings. The monoisotopic (exact) mass is 382 g/mol. The molecule has 4 rings (SSSR count). The van der Waals surface area contributed by atoms with Crippen molar-refractivity contribution in [3.63, 3.8) is 0 Å². The summed E-state index contributed by atoms with van der Waals surface area (Å²) in [5, 5.41) is 0. The summed E-state index contributed by atoms with van der Waals surface area (Å²) in [4.78, 5) is 34.9. The molecule has 2 saturated heterocycles. The number of carbonyl (C=O) groups is 2. The summed E-state index contributed by atoms with van der Waals surface area (Å²) in [5.74, 6) is -0.420. The van der Waals surface area contributed by atoms with Crippen LogP contribution in [0.25, 0.3) is 0 Å². The Kier molecular flexibility index (Phi) is 4.85. The van der Waals surface area contributed by atoms with Gasteiger partial charge in [-0.25, -0.2) is 4.39 Å². The van der Waals surface area contributed by atoms with Gasteiger partial charge < -0.3 is 9.80 Å². The number of piperazine rings is 1. The third kappa shape index (κ3) is 3.49. The van der Waals surface area contributed by atoms with E-state index in [9.17, 15) is 14.0 Å². The standard InChI is InChI=1S/C21H23FN4O2/c1-16(27)26-13-20(28)25(19-3-2-9-23-11-19)15-21(26)8-10-24(14-21)12-17-4-6-18(22)7-5-17/h2-7,9,11H,8,10,12-15H2,1H3/t21-/m0/s1. The summed E-state index contributed by atoms with van der Waals surface area (Å²) in [6.07, 6.45) is 4.15. The van der Waals surface area contributed by atoms with Gasteiger partial charge in [-0.15, -0.1) is 0 Å². The Hall–Kier alpha value is -2.80. The van der Waals surface area contributed by atoms with Gasteiger partial charge in [0.1, 0.15) is 12.4 Å². The van der Waals surface area contributed by atoms with Gasteiger partial charge >= 0.3 is 0 Å². The number of hydrogen-bond donors (Lipinski definition) is 0. The van der Waals surface area contributed by atoms with Crippen LogP contribution in [-0.2, 0) is 16.1 Å². The van der Waals surface area contributed by atoms with E-state index in [1.807, 2.05) is 12.1 Å². The minimum atomic E-state index is -0.421. The number of benzene rings is 1. The zero-order valence-electron chi connectivity index (χ0n) is 15.8. The highest BCUT2D eigenvalue weighted by Gasteiger charge is 2.50. The van der Waals surface area contributed by atoms with Gasteiger partial charge in [0.05, 0.1) is 24.0 Å². The quantitative estimate of drug-likeness (QED) is 0.816. The Labute approximate surface area is 163 Å². The van der Waals surface area contributed by atoms with Gasteiger partial charge in [0.25, 0.3) is 0 Å².